The van der Waals surface area contributed by atoms with Crippen LogP contribution < -0.4 is 0 Å². The molecule has 4 nitrogen and oxygen atoms in total. The van der Waals surface area contributed by atoms with Crippen LogP contribution in [-0.2, 0) is 14.3 Å². The predicted molar refractivity (Wildman–Crippen MR) is 56.5 cm³/mol. The van der Waals surface area contributed by atoms with Gasteiger partial charge in [0.15, 0.2) is 0 Å². The molecule has 1 N–H and O–H groups in total. The number of aliphatic carboxylic acids is 1. The van der Waals surface area contributed by atoms with Gasteiger partial charge >= 0.3 is 11.9 Å². The number of carboxylic acid groups (broad SMARTS) is 1. The second-order valence-electron chi connectivity index (χ2n) is 3.34. The van der Waals surface area contributed by atoms with Crippen LogP contribution in [0.1, 0.15) is 39.0 Å². The van der Waals surface area contributed by atoms with Crippen molar-refractivity contribution < 1.29 is 19.4 Å². The molecule has 0 bridgehead atoms. The Morgan fingerprint density at radius 3 is 2.47 bits per heavy atom. The van der Waals surface area contributed by atoms with Crippen molar-refractivity contribution in [1.82, 2.24) is 0 Å². The lowest BCUT2D eigenvalue weighted by molar-refractivity contribution is -0.140. The van der Waals surface area contributed by atoms with E-state index in [1.54, 1.807) is 0 Å². The molecule has 0 saturated carbocycles. The fourth-order valence-electron chi connectivity index (χ4n) is 0.966. The highest BCUT2D eigenvalue weighted by Gasteiger charge is 2.08. The van der Waals surface area contributed by atoms with Crippen molar-refractivity contribution in [2.24, 2.45) is 0 Å². The largest absolute Gasteiger partial charge is 0.481 e. The van der Waals surface area contributed by atoms with E-state index in [-0.39, 0.29) is 6.42 Å². The monoisotopic (exact) mass is 214 g/mol. The zero-order chi connectivity index (χ0) is 11.7. The van der Waals surface area contributed by atoms with Gasteiger partial charge in [0.1, 0.15) is 0 Å². The number of carbonyl (C=O) groups excluding carboxylic acids is 1. The van der Waals surface area contributed by atoms with E-state index in [0.29, 0.717) is 25.0 Å². The average Bonchev–Trinajstić information content (AvgIpc) is 2.17. The van der Waals surface area contributed by atoms with E-state index < -0.39 is 11.9 Å². The van der Waals surface area contributed by atoms with Crippen molar-refractivity contribution in [2.45, 2.75) is 39.0 Å². The van der Waals surface area contributed by atoms with Gasteiger partial charge in [-0.1, -0.05) is 19.9 Å². The van der Waals surface area contributed by atoms with Crippen LogP contribution in [-0.4, -0.2) is 23.7 Å². The molecule has 86 valence electrons. The molecular formula is C11H18O4. The lowest BCUT2D eigenvalue weighted by Gasteiger charge is -2.05. The van der Waals surface area contributed by atoms with Crippen molar-refractivity contribution in [1.29, 1.82) is 0 Å². The maximum absolute atomic E-state index is 11.2. The van der Waals surface area contributed by atoms with Crippen LogP contribution in [0.5, 0.6) is 0 Å². The first-order valence-corrected chi connectivity index (χ1v) is 5.14. The summed E-state index contributed by atoms with van der Waals surface area (Å²) in [5.74, 6) is -1.27. The number of esters is 1. The summed E-state index contributed by atoms with van der Waals surface area (Å²) in [5.41, 5.74) is 0.354. The molecule has 0 aliphatic heterocycles. The first-order valence-electron chi connectivity index (χ1n) is 5.14. The van der Waals surface area contributed by atoms with Crippen molar-refractivity contribution in [3.8, 4) is 0 Å². The fourth-order valence-corrected chi connectivity index (χ4v) is 0.966. The minimum Gasteiger partial charge on any atom is -0.481 e. The topological polar surface area (TPSA) is 63.6 Å². The minimum atomic E-state index is -0.859. The van der Waals surface area contributed by atoms with E-state index in [2.05, 4.69) is 6.58 Å². The zero-order valence-corrected chi connectivity index (χ0v) is 9.12. The van der Waals surface area contributed by atoms with Crippen LogP contribution in [0.4, 0.5) is 0 Å². The molecule has 4 heteroatoms. The first kappa shape index (κ1) is 13.7. The molecule has 0 fully saturated rings. The third kappa shape index (κ3) is 7.73. The molecule has 0 radical (unpaired) electrons. The van der Waals surface area contributed by atoms with Crippen LogP contribution in [0.25, 0.3) is 0 Å². The van der Waals surface area contributed by atoms with Gasteiger partial charge in [-0.2, -0.15) is 0 Å². The maximum Gasteiger partial charge on any atom is 0.333 e. The van der Waals surface area contributed by atoms with Gasteiger partial charge in [-0.25, -0.2) is 4.79 Å². The quantitative estimate of drug-likeness (QED) is 0.382. The van der Waals surface area contributed by atoms with E-state index in [1.165, 1.54) is 0 Å². The minimum absolute atomic E-state index is 0.0568. The molecule has 0 aliphatic carbocycles. The molecule has 0 aromatic heterocycles. The number of carbonyl (C=O) groups is 2. The smallest absolute Gasteiger partial charge is 0.333 e. The Kier molecular flexibility index (Phi) is 7.32. The summed E-state index contributed by atoms with van der Waals surface area (Å²) in [6.45, 7) is 5.98. The van der Waals surface area contributed by atoms with Gasteiger partial charge in [-0.3, -0.25) is 4.79 Å². The van der Waals surface area contributed by atoms with Crippen LogP contribution in [0, 0.1) is 0 Å². The van der Waals surface area contributed by atoms with Gasteiger partial charge in [0.25, 0.3) is 0 Å². The van der Waals surface area contributed by atoms with Crippen molar-refractivity contribution in [3.63, 3.8) is 0 Å². The number of unbranched alkanes of at least 4 members (excludes halogenated alkanes) is 1. The SMILES string of the molecule is C=C(CCCC(=O)O)C(=O)OCCCC. The predicted octanol–water partition coefficient (Wildman–Crippen LogP) is 2.14. The summed E-state index contributed by atoms with van der Waals surface area (Å²) in [4.78, 5) is 21.4. The molecule has 0 heterocycles. The van der Waals surface area contributed by atoms with Gasteiger partial charge < -0.3 is 9.84 Å². The average molecular weight is 214 g/mol. The van der Waals surface area contributed by atoms with E-state index in [0.717, 1.165) is 12.8 Å². The first-order chi connectivity index (χ1) is 7.07. The maximum atomic E-state index is 11.2. The van der Waals surface area contributed by atoms with Crippen LogP contribution >= 0.6 is 0 Å². The van der Waals surface area contributed by atoms with E-state index >= 15 is 0 Å². The Hall–Kier alpha value is -1.32. The Balaban J connectivity index is 3.60. The third-order valence-corrected chi connectivity index (χ3v) is 1.89. The number of ether oxygens (including phenoxy) is 1. The fraction of sp³-hybridized carbons (Fsp3) is 0.636. The van der Waals surface area contributed by atoms with Crippen molar-refractivity contribution in [2.75, 3.05) is 6.61 Å². The highest BCUT2D eigenvalue weighted by atomic mass is 16.5. The molecule has 0 atom stereocenters. The Bertz CT molecular complexity index is 233. The summed E-state index contributed by atoms with van der Waals surface area (Å²) in [6, 6.07) is 0. The summed E-state index contributed by atoms with van der Waals surface area (Å²) < 4.78 is 4.92. The van der Waals surface area contributed by atoms with Gasteiger partial charge in [-0.15, -0.1) is 0 Å². The molecule has 0 aliphatic rings. The zero-order valence-electron chi connectivity index (χ0n) is 9.12. The lowest BCUT2D eigenvalue weighted by atomic mass is 10.1. The van der Waals surface area contributed by atoms with Gasteiger partial charge in [0, 0.05) is 12.0 Å². The summed E-state index contributed by atoms with van der Waals surface area (Å²) >= 11 is 0. The molecule has 0 amide bonds. The van der Waals surface area contributed by atoms with Gasteiger partial charge in [-0.05, 0) is 19.3 Å². The second kappa shape index (κ2) is 8.03. The summed E-state index contributed by atoms with van der Waals surface area (Å²) in [6.07, 6.45) is 2.68. The molecule has 0 unspecified atom stereocenters. The van der Waals surface area contributed by atoms with Gasteiger partial charge in [0.05, 0.1) is 6.61 Å². The number of rotatable bonds is 8. The molecule has 15 heavy (non-hydrogen) atoms. The Morgan fingerprint density at radius 2 is 1.93 bits per heavy atom. The summed E-state index contributed by atoms with van der Waals surface area (Å²) in [7, 11) is 0. The molecular weight excluding hydrogens is 196 g/mol. The van der Waals surface area contributed by atoms with Crippen molar-refractivity contribution in [3.05, 3.63) is 12.2 Å². The Morgan fingerprint density at radius 1 is 1.27 bits per heavy atom. The van der Waals surface area contributed by atoms with Crippen LogP contribution in [0.2, 0.25) is 0 Å². The number of hydrogen-bond donors (Lipinski definition) is 1. The normalized spacial score (nSPS) is 9.67. The highest BCUT2D eigenvalue weighted by Crippen LogP contribution is 2.07. The molecule has 0 aromatic rings. The number of carboxylic acids is 1. The van der Waals surface area contributed by atoms with Crippen molar-refractivity contribution >= 4 is 11.9 Å². The third-order valence-electron chi connectivity index (χ3n) is 1.89. The summed E-state index contributed by atoms with van der Waals surface area (Å²) in [5, 5.41) is 8.39. The standard InChI is InChI=1S/C11H18O4/c1-3-4-8-15-11(14)9(2)6-5-7-10(12)13/h2-8H2,1H3,(H,12,13). The van der Waals surface area contributed by atoms with E-state index in [9.17, 15) is 9.59 Å². The van der Waals surface area contributed by atoms with Gasteiger partial charge in [0.2, 0.25) is 0 Å². The van der Waals surface area contributed by atoms with Crippen LogP contribution in [0.15, 0.2) is 12.2 Å². The molecule has 0 rings (SSSR count). The number of hydrogen-bond acceptors (Lipinski definition) is 3. The lowest BCUT2D eigenvalue weighted by Crippen LogP contribution is -2.08. The van der Waals surface area contributed by atoms with Crippen LogP contribution in [0.3, 0.4) is 0 Å². The molecule has 0 spiro atoms. The molecule has 0 saturated heterocycles. The second-order valence-corrected chi connectivity index (χ2v) is 3.34. The highest BCUT2D eigenvalue weighted by molar-refractivity contribution is 5.87. The Labute approximate surface area is 89.9 Å². The molecule has 0 aromatic carbocycles. The van der Waals surface area contributed by atoms with E-state index in [1.807, 2.05) is 6.92 Å². The van der Waals surface area contributed by atoms with E-state index in [4.69, 9.17) is 9.84 Å².